The smallest absolute Gasteiger partial charge is 0.167 e. The third-order valence-corrected chi connectivity index (χ3v) is 3.46. The Morgan fingerprint density at radius 1 is 1.41 bits per heavy atom. The fourth-order valence-electron chi connectivity index (χ4n) is 2.29. The summed E-state index contributed by atoms with van der Waals surface area (Å²) in [5, 5.41) is 0.0833. The van der Waals surface area contributed by atoms with Crippen LogP contribution < -0.4 is 5.73 Å². The Hall–Kier alpha value is -1.09. The number of rotatable bonds is 3. The van der Waals surface area contributed by atoms with Crippen molar-refractivity contribution in [2.75, 3.05) is 0 Å². The highest BCUT2D eigenvalue weighted by atomic mass is 35.5. The van der Waals surface area contributed by atoms with Crippen LogP contribution in [0, 0.1) is 11.7 Å². The summed E-state index contributed by atoms with van der Waals surface area (Å²) >= 11 is 5.68. The van der Waals surface area contributed by atoms with Crippen LogP contribution in [-0.4, -0.2) is 5.84 Å². The number of hydrogen-bond acceptors (Lipinski definition) is 1. The van der Waals surface area contributed by atoms with Crippen LogP contribution in [0.15, 0.2) is 23.2 Å². The molecule has 1 aromatic rings. The lowest BCUT2D eigenvalue weighted by Gasteiger charge is -2.08. The van der Waals surface area contributed by atoms with Crippen molar-refractivity contribution in [3.8, 4) is 0 Å². The maximum absolute atomic E-state index is 13.6. The second-order valence-electron chi connectivity index (χ2n) is 4.53. The van der Waals surface area contributed by atoms with Crippen LogP contribution in [-0.2, 0) is 0 Å². The molecule has 4 heteroatoms. The van der Waals surface area contributed by atoms with Crippen LogP contribution in [0.1, 0.15) is 32.1 Å². The van der Waals surface area contributed by atoms with E-state index in [1.54, 1.807) is 12.1 Å². The number of nitrogens with two attached hydrogens (primary N) is 1. The van der Waals surface area contributed by atoms with Crippen molar-refractivity contribution in [2.45, 2.75) is 32.1 Å². The average molecular weight is 255 g/mol. The summed E-state index contributed by atoms with van der Waals surface area (Å²) in [5.74, 6) is 0.614. The van der Waals surface area contributed by atoms with E-state index < -0.39 is 5.82 Å². The highest BCUT2D eigenvalue weighted by Crippen LogP contribution is 2.29. The zero-order valence-corrected chi connectivity index (χ0v) is 10.4. The third-order valence-electron chi connectivity index (χ3n) is 3.17. The van der Waals surface area contributed by atoms with Gasteiger partial charge < -0.3 is 5.73 Å². The Kier molecular flexibility index (Phi) is 4.00. The van der Waals surface area contributed by atoms with Crippen molar-refractivity contribution in [3.63, 3.8) is 0 Å². The third kappa shape index (κ3) is 3.19. The van der Waals surface area contributed by atoms with E-state index in [9.17, 15) is 4.39 Å². The summed E-state index contributed by atoms with van der Waals surface area (Å²) in [4.78, 5) is 4.12. The second-order valence-corrected chi connectivity index (χ2v) is 4.94. The molecule has 2 nitrogen and oxygen atoms in total. The molecule has 0 aliphatic heterocycles. The largest absolute Gasteiger partial charge is 0.387 e. The zero-order chi connectivity index (χ0) is 12.3. The lowest BCUT2D eigenvalue weighted by Crippen LogP contribution is -2.15. The summed E-state index contributed by atoms with van der Waals surface area (Å²) in [7, 11) is 0. The Morgan fingerprint density at radius 3 is 2.82 bits per heavy atom. The summed E-state index contributed by atoms with van der Waals surface area (Å²) in [6, 6.07) is 4.76. The van der Waals surface area contributed by atoms with Crippen LogP contribution >= 0.6 is 11.6 Å². The van der Waals surface area contributed by atoms with Gasteiger partial charge in [0, 0.05) is 6.42 Å². The van der Waals surface area contributed by atoms with Gasteiger partial charge in [0.05, 0.1) is 10.9 Å². The number of amidine groups is 1. The number of nitrogens with zero attached hydrogens (tertiary/aromatic N) is 1. The number of aliphatic imine (C=N–C) groups is 1. The normalized spacial score (nSPS) is 17.6. The van der Waals surface area contributed by atoms with Crippen LogP contribution in [0.2, 0.25) is 5.02 Å². The minimum absolute atomic E-state index is 0.0833. The van der Waals surface area contributed by atoms with E-state index in [-0.39, 0.29) is 10.7 Å². The predicted octanol–water partition coefficient (Wildman–Crippen LogP) is 4.05. The molecule has 1 aliphatic rings. The Bertz CT molecular complexity index is 425. The van der Waals surface area contributed by atoms with Crippen molar-refractivity contribution < 1.29 is 4.39 Å². The van der Waals surface area contributed by atoms with Crippen LogP contribution in [0.25, 0.3) is 0 Å². The predicted molar refractivity (Wildman–Crippen MR) is 69.3 cm³/mol. The van der Waals surface area contributed by atoms with Crippen molar-refractivity contribution >= 4 is 23.1 Å². The van der Waals surface area contributed by atoms with Gasteiger partial charge in [-0.05, 0) is 18.1 Å². The van der Waals surface area contributed by atoms with Gasteiger partial charge in [-0.15, -0.1) is 0 Å². The lowest BCUT2D eigenvalue weighted by atomic mass is 10.0. The molecule has 17 heavy (non-hydrogen) atoms. The van der Waals surface area contributed by atoms with Crippen molar-refractivity contribution in [3.05, 3.63) is 29.0 Å². The van der Waals surface area contributed by atoms with Gasteiger partial charge in [0.25, 0.3) is 0 Å². The molecular formula is C13H16ClFN2. The number of benzene rings is 1. The molecule has 1 saturated carbocycles. The number of hydrogen-bond donors (Lipinski definition) is 1. The first-order valence-electron chi connectivity index (χ1n) is 5.94. The SMILES string of the molecule is NC(CC1CCCC1)=Nc1cccc(Cl)c1F. The first-order chi connectivity index (χ1) is 8.16. The summed E-state index contributed by atoms with van der Waals surface area (Å²) in [5.41, 5.74) is 6.07. The Labute approximate surface area is 106 Å². The minimum atomic E-state index is -0.497. The fraction of sp³-hybridized carbons (Fsp3) is 0.462. The van der Waals surface area contributed by atoms with E-state index in [1.165, 1.54) is 31.7 Å². The molecule has 0 unspecified atom stereocenters. The van der Waals surface area contributed by atoms with Crippen molar-refractivity contribution in [1.82, 2.24) is 0 Å². The fourth-order valence-corrected chi connectivity index (χ4v) is 2.46. The molecule has 1 fully saturated rings. The van der Waals surface area contributed by atoms with Crippen LogP contribution in [0.5, 0.6) is 0 Å². The molecule has 1 aliphatic carbocycles. The van der Waals surface area contributed by atoms with E-state index in [2.05, 4.69) is 4.99 Å². The average Bonchev–Trinajstić information content (AvgIpc) is 2.77. The highest BCUT2D eigenvalue weighted by molar-refractivity contribution is 6.31. The van der Waals surface area contributed by atoms with Crippen LogP contribution in [0.3, 0.4) is 0 Å². The molecule has 0 bridgehead atoms. The lowest BCUT2D eigenvalue weighted by molar-refractivity contribution is 0.571. The molecular weight excluding hydrogens is 239 g/mol. The molecule has 0 amide bonds. The molecule has 92 valence electrons. The zero-order valence-electron chi connectivity index (χ0n) is 9.63. The van der Waals surface area contributed by atoms with Crippen molar-refractivity contribution in [1.29, 1.82) is 0 Å². The molecule has 0 heterocycles. The van der Waals surface area contributed by atoms with Gasteiger partial charge in [0.15, 0.2) is 5.82 Å². The maximum atomic E-state index is 13.6. The van der Waals surface area contributed by atoms with Gasteiger partial charge in [0.2, 0.25) is 0 Å². The maximum Gasteiger partial charge on any atom is 0.167 e. The molecule has 2 rings (SSSR count). The van der Waals surface area contributed by atoms with E-state index in [4.69, 9.17) is 17.3 Å². The van der Waals surface area contributed by atoms with Crippen LogP contribution in [0.4, 0.5) is 10.1 Å². The quantitative estimate of drug-likeness (QED) is 0.641. The van der Waals surface area contributed by atoms with E-state index in [0.717, 1.165) is 6.42 Å². The second kappa shape index (κ2) is 5.50. The molecule has 2 N–H and O–H groups in total. The highest BCUT2D eigenvalue weighted by Gasteiger charge is 2.16. The van der Waals surface area contributed by atoms with Gasteiger partial charge in [-0.2, -0.15) is 0 Å². The molecule has 0 radical (unpaired) electrons. The van der Waals surface area contributed by atoms with Gasteiger partial charge in [0.1, 0.15) is 5.69 Å². The monoisotopic (exact) mass is 254 g/mol. The molecule has 0 saturated heterocycles. The molecule has 0 spiro atoms. The minimum Gasteiger partial charge on any atom is -0.387 e. The van der Waals surface area contributed by atoms with Gasteiger partial charge in [-0.3, -0.25) is 0 Å². The van der Waals surface area contributed by atoms with E-state index >= 15 is 0 Å². The Morgan fingerprint density at radius 2 is 2.12 bits per heavy atom. The standard InChI is InChI=1S/C13H16ClFN2/c14-10-6-3-7-11(13(10)15)17-12(16)8-9-4-1-2-5-9/h3,6-7,9H,1-2,4-5,8H2,(H2,16,17). The van der Waals surface area contributed by atoms with Gasteiger partial charge >= 0.3 is 0 Å². The van der Waals surface area contributed by atoms with E-state index in [0.29, 0.717) is 11.8 Å². The van der Waals surface area contributed by atoms with E-state index in [1.807, 2.05) is 0 Å². The summed E-state index contributed by atoms with van der Waals surface area (Å²) in [6.45, 7) is 0. The van der Waals surface area contributed by atoms with Crippen molar-refractivity contribution in [2.24, 2.45) is 16.6 Å². The number of halogens is 2. The Balaban J connectivity index is 2.09. The molecule has 1 aromatic carbocycles. The first kappa shape index (κ1) is 12.4. The topological polar surface area (TPSA) is 38.4 Å². The summed E-state index contributed by atoms with van der Waals surface area (Å²) in [6.07, 6.45) is 5.70. The first-order valence-corrected chi connectivity index (χ1v) is 6.31. The summed E-state index contributed by atoms with van der Waals surface area (Å²) < 4.78 is 13.6. The van der Waals surface area contributed by atoms with Gasteiger partial charge in [-0.1, -0.05) is 43.4 Å². The molecule has 0 atom stereocenters. The molecule has 0 aromatic heterocycles. The van der Waals surface area contributed by atoms with Gasteiger partial charge in [-0.25, -0.2) is 9.38 Å².